The van der Waals surface area contributed by atoms with Crippen molar-refractivity contribution in [1.29, 1.82) is 0 Å². The number of phenolic OH excluding ortho intramolecular Hbond substituents is 1. The monoisotopic (exact) mass is 278 g/mol. The number of benzene rings is 1. The van der Waals surface area contributed by atoms with E-state index in [-0.39, 0.29) is 5.75 Å². The van der Waals surface area contributed by atoms with Crippen molar-refractivity contribution in [2.45, 2.75) is 51.4 Å². The molecule has 0 bridgehead atoms. The molecule has 0 unspecified atom stereocenters. The van der Waals surface area contributed by atoms with E-state index in [0.717, 1.165) is 36.0 Å². The summed E-state index contributed by atoms with van der Waals surface area (Å²) in [6, 6.07) is 1.58. The Morgan fingerprint density at radius 1 is 1.20 bits per heavy atom. The molecule has 0 aliphatic heterocycles. The minimum atomic E-state index is -0.864. The second-order valence-corrected chi connectivity index (χ2v) is 5.67. The molecule has 0 amide bonds. The molecule has 1 aliphatic carbocycles. The maximum atomic E-state index is 11.9. The number of aliphatic carboxylic acids is 1. The first-order valence-corrected chi connectivity index (χ1v) is 7.05. The lowest BCUT2D eigenvalue weighted by Crippen LogP contribution is -2.38. The third-order valence-corrected chi connectivity index (χ3v) is 4.66. The number of hydrogen-bond acceptors (Lipinski definition) is 3. The molecule has 20 heavy (non-hydrogen) atoms. The number of carboxylic acids is 1. The third kappa shape index (κ3) is 2.13. The average Bonchev–Trinajstić information content (AvgIpc) is 2.44. The molecule has 2 rings (SSSR count). The Labute approximate surface area is 119 Å². The number of methoxy groups -OCH3 is 1. The molecule has 0 saturated heterocycles. The largest absolute Gasteiger partial charge is 0.504 e. The standard InChI is InChI=1S/C16H22O4/c1-10-11(2)14(20-3)13(17)9-12(10)16(15(18)19)7-5-4-6-8-16/h9,17H,4-8H2,1-3H3,(H,18,19). The summed E-state index contributed by atoms with van der Waals surface area (Å²) in [5.74, 6) is -0.330. The Bertz CT molecular complexity index is 528. The molecular weight excluding hydrogens is 256 g/mol. The van der Waals surface area contributed by atoms with Crippen LogP contribution in [-0.2, 0) is 10.2 Å². The van der Waals surface area contributed by atoms with E-state index >= 15 is 0 Å². The number of phenols is 1. The average molecular weight is 278 g/mol. The van der Waals surface area contributed by atoms with Crippen LogP contribution in [0.15, 0.2) is 6.07 Å². The van der Waals surface area contributed by atoms with Crippen LogP contribution in [0.4, 0.5) is 0 Å². The first kappa shape index (κ1) is 14.7. The minimum Gasteiger partial charge on any atom is -0.504 e. The van der Waals surface area contributed by atoms with Crippen LogP contribution >= 0.6 is 0 Å². The van der Waals surface area contributed by atoms with E-state index < -0.39 is 11.4 Å². The van der Waals surface area contributed by atoms with E-state index in [2.05, 4.69) is 0 Å². The highest BCUT2D eigenvalue weighted by Crippen LogP contribution is 2.45. The van der Waals surface area contributed by atoms with Crippen molar-refractivity contribution in [3.8, 4) is 11.5 Å². The molecule has 1 fully saturated rings. The zero-order valence-electron chi connectivity index (χ0n) is 12.3. The van der Waals surface area contributed by atoms with Gasteiger partial charge in [0.05, 0.1) is 12.5 Å². The third-order valence-electron chi connectivity index (χ3n) is 4.66. The van der Waals surface area contributed by atoms with Crippen molar-refractivity contribution in [3.05, 3.63) is 22.8 Å². The summed E-state index contributed by atoms with van der Waals surface area (Å²) in [5.41, 5.74) is 1.59. The van der Waals surface area contributed by atoms with Gasteiger partial charge in [-0.2, -0.15) is 0 Å². The van der Waals surface area contributed by atoms with Crippen LogP contribution in [0.25, 0.3) is 0 Å². The SMILES string of the molecule is COc1c(O)cc(C2(C(=O)O)CCCCC2)c(C)c1C. The number of carboxylic acid groups (broad SMARTS) is 1. The van der Waals surface area contributed by atoms with Crippen LogP contribution in [-0.4, -0.2) is 23.3 Å². The van der Waals surface area contributed by atoms with Gasteiger partial charge >= 0.3 is 5.97 Å². The van der Waals surface area contributed by atoms with E-state index in [0.29, 0.717) is 18.6 Å². The highest BCUT2D eigenvalue weighted by Gasteiger charge is 2.43. The molecule has 0 heterocycles. The smallest absolute Gasteiger partial charge is 0.314 e. The van der Waals surface area contributed by atoms with Crippen LogP contribution in [0.3, 0.4) is 0 Å². The second-order valence-electron chi connectivity index (χ2n) is 5.67. The molecular formula is C16H22O4. The predicted molar refractivity (Wildman–Crippen MR) is 76.5 cm³/mol. The summed E-state index contributed by atoms with van der Waals surface area (Å²) in [5, 5.41) is 19.9. The summed E-state index contributed by atoms with van der Waals surface area (Å²) in [6.07, 6.45) is 4.17. The number of rotatable bonds is 3. The van der Waals surface area contributed by atoms with E-state index in [9.17, 15) is 15.0 Å². The molecule has 1 aromatic carbocycles. The van der Waals surface area contributed by atoms with E-state index in [4.69, 9.17) is 4.74 Å². The Hall–Kier alpha value is -1.71. The van der Waals surface area contributed by atoms with Gasteiger partial charge in [0.1, 0.15) is 0 Å². The van der Waals surface area contributed by atoms with Crippen LogP contribution < -0.4 is 4.74 Å². The fourth-order valence-electron chi connectivity index (χ4n) is 3.38. The van der Waals surface area contributed by atoms with Gasteiger partial charge in [-0.3, -0.25) is 4.79 Å². The lowest BCUT2D eigenvalue weighted by atomic mass is 9.67. The summed E-state index contributed by atoms with van der Waals surface area (Å²) in [4.78, 5) is 11.9. The van der Waals surface area contributed by atoms with Gasteiger partial charge in [-0.25, -0.2) is 0 Å². The van der Waals surface area contributed by atoms with Gasteiger partial charge in [-0.05, 0) is 49.4 Å². The van der Waals surface area contributed by atoms with Crippen molar-refractivity contribution in [2.75, 3.05) is 7.11 Å². The molecule has 110 valence electrons. The highest BCUT2D eigenvalue weighted by atomic mass is 16.5. The highest BCUT2D eigenvalue weighted by molar-refractivity contribution is 5.83. The van der Waals surface area contributed by atoms with Gasteiger partial charge < -0.3 is 14.9 Å². The van der Waals surface area contributed by atoms with Crippen molar-refractivity contribution in [3.63, 3.8) is 0 Å². The molecule has 1 saturated carbocycles. The number of carbonyl (C=O) groups is 1. The first-order chi connectivity index (χ1) is 9.44. The Balaban J connectivity index is 2.63. The van der Waals surface area contributed by atoms with E-state index in [1.165, 1.54) is 7.11 Å². The van der Waals surface area contributed by atoms with Gasteiger partial charge in [0, 0.05) is 0 Å². The molecule has 0 atom stereocenters. The number of ether oxygens (including phenoxy) is 1. The Kier molecular flexibility index (Phi) is 3.93. The van der Waals surface area contributed by atoms with Crippen LogP contribution in [0, 0.1) is 13.8 Å². The van der Waals surface area contributed by atoms with Gasteiger partial charge in [-0.15, -0.1) is 0 Å². The Morgan fingerprint density at radius 2 is 1.80 bits per heavy atom. The lowest BCUT2D eigenvalue weighted by Gasteiger charge is -2.35. The zero-order chi connectivity index (χ0) is 14.9. The van der Waals surface area contributed by atoms with Crippen molar-refractivity contribution < 1.29 is 19.7 Å². The predicted octanol–water partition coefficient (Wildman–Crippen LogP) is 3.30. The summed E-state index contributed by atoms with van der Waals surface area (Å²) in [6.45, 7) is 3.77. The van der Waals surface area contributed by atoms with Crippen LogP contribution in [0.1, 0.15) is 48.8 Å². The molecule has 0 spiro atoms. The van der Waals surface area contributed by atoms with Crippen LogP contribution in [0.2, 0.25) is 0 Å². The van der Waals surface area contributed by atoms with Crippen molar-refractivity contribution in [2.24, 2.45) is 0 Å². The number of hydrogen-bond donors (Lipinski definition) is 2. The fourth-order valence-corrected chi connectivity index (χ4v) is 3.38. The maximum absolute atomic E-state index is 11.9. The quantitative estimate of drug-likeness (QED) is 0.890. The summed E-state index contributed by atoms with van der Waals surface area (Å²) >= 11 is 0. The van der Waals surface area contributed by atoms with E-state index in [1.807, 2.05) is 13.8 Å². The van der Waals surface area contributed by atoms with Gasteiger partial charge in [0.25, 0.3) is 0 Å². The van der Waals surface area contributed by atoms with Gasteiger partial charge in [0.15, 0.2) is 11.5 Å². The first-order valence-electron chi connectivity index (χ1n) is 7.05. The molecule has 1 aliphatic rings. The molecule has 1 aromatic rings. The second kappa shape index (κ2) is 5.35. The fraction of sp³-hybridized carbons (Fsp3) is 0.562. The molecule has 4 nitrogen and oxygen atoms in total. The van der Waals surface area contributed by atoms with Crippen LogP contribution in [0.5, 0.6) is 11.5 Å². The van der Waals surface area contributed by atoms with Crippen molar-refractivity contribution in [1.82, 2.24) is 0 Å². The number of aromatic hydroxyl groups is 1. The van der Waals surface area contributed by atoms with Gasteiger partial charge in [0.2, 0.25) is 0 Å². The van der Waals surface area contributed by atoms with Crippen molar-refractivity contribution >= 4 is 5.97 Å². The Morgan fingerprint density at radius 3 is 2.30 bits per heavy atom. The summed E-state index contributed by atoms with van der Waals surface area (Å²) < 4.78 is 5.19. The maximum Gasteiger partial charge on any atom is 0.314 e. The van der Waals surface area contributed by atoms with Gasteiger partial charge in [-0.1, -0.05) is 19.3 Å². The lowest BCUT2D eigenvalue weighted by molar-refractivity contribution is -0.145. The zero-order valence-corrected chi connectivity index (χ0v) is 12.3. The van der Waals surface area contributed by atoms with E-state index in [1.54, 1.807) is 6.07 Å². The molecule has 4 heteroatoms. The summed E-state index contributed by atoms with van der Waals surface area (Å²) in [7, 11) is 1.51. The molecule has 0 radical (unpaired) electrons. The normalized spacial score (nSPS) is 17.8. The molecule has 2 N–H and O–H groups in total. The minimum absolute atomic E-state index is 0.0248. The molecule has 0 aromatic heterocycles. The topological polar surface area (TPSA) is 66.8 Å².